The molecule has 0 unspecified atom stereocenters. The second kappa shape index (κ2) is 8.17. The molecule has 4 nitrogen and oxygen atoms in total. The lowest BCUT2D eigenvalue weighted by Gasteiger charge is -2.12. The molecule has 1 N–H and O–H groups in total. The molecule has 0 aliphatic rings. The van der Waals surface area contributed by atoms with E-state index in [9.17, 15) is 14.7 Å². The summed E-state index contributed by atoms with van der Waals surface area (Å²) in [5.41, 5.74) is 4.96. The van der Waals surface area contributed by atoms with Gasteiger partial charge < -0.3 is 9.67 Å². The van der Waals surface area contributed by atoms with Crippen molar-refractivity contribution in [3.05, 3.63) is 100 Å². The van der Waals surface area contributed by atoms with Gasteiger partial charge in [-0.2, -0.15) is 0 Å². The molecule has 30 heavy (non-hydrogen) atoms. The van der Waals surface area contributed by atoms with E-state index in [2.05, 4.69) is 10.6 Å². The number of carbonyl (C=O) groups is 2. The number of aromatic nitrogens is 1. The molecule has 4 rings (SSSR count). The number of para-hydroxylation sites is 1. The van der Waals surface area contributed by atoms with Crippen molar-refractivity contribution in [2.24, 2.45) is 0 Å². The Kier molecular flexibility index (Phi) is 5.42. The first-order chi connectivity index (χ1) is 14.4. The summed E-state index contributed by atoms with van der Waals surface area (Å²) in [5.74, 6) is -0.861. The van der Waals surface area contributed by atoms with E-state index < -0.39 is 5.97 Å². The zero-order valence-corrected chi connectivity index (χ0v) is 17.2. The third kappa shape index (κ3) is 4.00. The number of aromatic carboxylic acids is 1. The lowest BCUT2D eigenvalue weighted by molar-refractivity contribution is -0.116. The van der Waals surface area contributed by atoms with Crippen molar-refractivity contribution in [3.8, 4) is 5.69 Å². The number of fused-ring (bicyclic) bond motifs is 1. The van der Waals surface area contributed by atoms with Crippen LogP contribution < -0.4 is 0 Å². The van der Waals surface area contributed by atoms with Gasteiger partial charge in [0.15, 0.2) is 0 Å². The monoisotopic (exact) mass is 417 g/mol. The van der Waals surface area contributed by atoms with Crippen LogP contribution in [-0.4, -0.2) is 21.4 Å². The molecule has 0 spiro atoms. The summed E-state index contributed by atoms with van der Waals surface area (Å²) in [5, 5.41) is 10.9. The Hall–Kier alpha value is -3.37. The predicted octanol–water partition coefficient (Wildman–Crippen LogP) is 5.70. The molecule has 0 amide bonds. The largest absolute Gasteiger partial charge is 0.478 e. The summed E-state index contributed by atoms with van der Waals surface area (Å²) < 4.78 is 2.09. The second-order valence-electron chi connectivity index (χ2n) is 7.37. The molecule has 0 bridgehead atoms. The van der Waals surface area contributed by atoms with Crippen LogP contribution >= 0.6 is 11.6 Å². The third-order valence-electron chi connectivity index (χ3n) is 5.14. The molecule has 5 heteroatoms. The Labute approximate surface area is 179 Å². The van der Waals surface area contributed by atoms with Gasteiger partial charge >= 0.3 is 5.97 Å². The van der Waals surface area contributed by atoms with Crippen LogP contribution in [-0.2, 0) is 17.6 Å². The van der Waals surface area contributed by atoms with Crippen molar-refractivity contribution >= 4 is 34.3 Å². The summed E-state index contributed by atoms with van der Waals surface area (Å²) in [4.78, 5) is 23.2. The van der Waals surface area contributed by atoms with Crippen LogP contribution in [0.3, 0.4) is 0 Å². The van der Waals surface area contributed by atoms with Crippen molar-refractivity contribution in [2.45, 2.75) is 19.8 Å². The molecule has 0 saturated heterocycles. The highest BCUT2D eigenvalue weighted by molar-refractivity contribution is 6.31. The zero-order valence-electron chi connectivity index (χ0n) is 16.4. The van der Waals surface area contributed by atoms with E-state index in [0.29, 0.717) is 17.9 Å². The number of benzene rings is 3. The predicted molar refractivity (Wildman–Crippen MR) is 119 cm³/mol. The molecule has 0 aliphatic carbocycles. The quantitative estimate of drug-likeness (QED) is 0.437. The zero-order chi connectivity index (χ0) is 21.3. The molecule has 0 radical (unpaired) electrons. The SMILES string of the molecule is CC(=O)Cc1ccccc1-n1ccc2cc(Cc3ccc(Cl)cc3C(=O)O)ccc21. The van der Waals surface area contributed by atoms with Crippen molar-refractivity contribution in [1.29, 1.82) is 0 Å². The van der Waals surface area contributed by atoms with E-state index in [1.165, 1.54) is 6.07 Å². The van der Waals surface area contributed by atoms with Gasteiger partial charge in [-0.1, -0.05) is 41.9 Å². The van der Waals surface area contributed by atoms with Crippen molar-refractivity contribution in [3.63, 3.8) is 0 Å². The van der Waals surface area contributed by atoms with E-state index >= 15 is 0 Å². The maximum absolute atomic E-state index is 11.7. The first-order valence-electron chi connectivity index (χ1n) is 9.62. The Morgan fingerprint density at radius 2 is 1.77 bits per heavy atom. The van der Waals surface area contributed by atoms with E-state index in [0.717, 1.165) is 33.3 Å². The fourth-order valence-electron chi connectivity index (χ4n) is 3.80. The minimum Gasteiger partial charge on any atom is -0.478 e. The Morgan fingerprint density at radius 3 is 2.53 bits per heavy atom. The van der Waals surface area contributed by atoms with E-state index in [-0.39, 0.29) is 11.3 Å². The van der Waals surface area contributed by atoms with Crippen LogP contribution in [0.4, 0.5) is 0 Å². The van der Waals surface area contributed by atoms with Gasteiger partial charge in [0.05, 0.1) is 11.1 Å². The topological polar surface area (TPSA) is 59.3 Å². The molecule has 1 heterocycles. The number of ketones is 1. The average molecular weight is 418 g/mol. The Morgan fingerprint density at radius 1 is 0.967 bits per heavy atom. The second-order valence-corrected chi connectivity index (χ2v) is 7.81. The highest BCUT2D eigenvalue weighted by Gasteiger charge is 2.13. The Balaban J connectivity index is 1.71. The van der Waals surface area contributed by atoms with Crippen LogP contribution in [0.1, 0.15) is 34.0 Å². The molecule has 0 aliphatic heterocycles. The Bertz CT molecular complexity index is 1270. The lowest BCUT2D eigenvalue weighted by atomic mass is 9.99. The van der Waals surface area contributed by atoms with Gasteiger partial charge in [-0.3, -0.25) is 4.79 Å². The third-order valence-corrected chi connectivity index (χ3v) is 5.38. The molecule has 150 valence electrons. The van der Waals surface area contributed by atoms with Crippen molar-refractivity contribution in [2.75, 3.05) is 0 Å². The summed E-state index contributed by atoms with van der Waals surface area (Å²) in [6.45, 7) is 1.60. The number of rotatable bonds is 6. The highest BCUT2D eigenvalue weighted by atomic mass is 35.5. The number of hydrogen-bond acceptors (Lipinski definition) is 2. The van der Waals surface area contributed by atoms with E-state index in [4.69, 9.17) is 11.6 Å². The molecule has 0 fully saturated rings. The first-order valence-corrected chi connectivity index (χ1v) is 9.99. The van der Waals surface area contributed by atoms with Gasteiger partial charge in [-0.25, -0.2) is 4.79 Å². The number of nitrogens with zero attached hydrogens (tertiary/aromatic N) is 1. The van der Waals surface area contributed by atoms with Crippen LogP contribution in [0.15, 0.2) is 72.9 Å². The van der Waals surface area contributed by atoms with Gasteiger partial charge in [0, 0.05) is 28.7 Å². The van der Waals surface area contributed by atoms with Gasteiger partial charge in [0.2, 0.25) is 0 Å². The minimum absolute atomic E-state index is 0.124. The smallest absolute Gasteiger partial charge is 0.336 e. The number of carboxylic acids is 1. The van der Waals surface area contributed by atoms with Crippen LogP contribution in [0, 0.1) is 0 Å². The first kappa shape index (κ1) is 19.9. The standard InChI is InChI=1S/C25H20ClNO3/c1-16(28)12-19-4-2-3-5-23(19)27-11-10-20-14-17(6-9-24(20)27)13-18-7-8-21(26)15-22(18)25(29)30/h2-11,14-15H,12-13H2,1H3,(H,29,30). The van der Waals surface area contributed by atoms with Crippen LogP contribution in [0.2, 0.25) is 5.02 Å². The summed E-state index contributed by atoms with van der Waals surface area (Å²) in [7, 11) is 0. The summed E-state index contributed by atoms with van der Waals surface area (Å²) in [6.07, 6.45) is 2.89. The number of halogens is 1. The number of hydrogen-bond donors (Lipinski definition) is 1. The fourth-order valence-corrected chi connectivity index (χ4v) is 3.97. The molecule has 0 saturated carbocycles. The maximum Gasteiger partial charge on any atom is 0.336 e. The van der Waals surface area contributed by atoms with Crippen molar-refractivity contribution < 1.29 is 14.7 Å². The van der Waals surface area contributed by atoms with E-state index in [1.54, 1.807) is 19.1 Å². The number of carboxylic acid groups (broad SMARTS) is 1. The highest BCUT2D eigenvalue weighted by Crippen LogP contribution is 2.26. The molecule has 1 aromatic heterocycles. The van der Waals surface area contributed by atoms with Crippen LogP contribution in [0.25, 0.3) is 16.6 Å². The van der Waals surface area contributed by atoms with Crippen molar-refractivity contribution in [1.82, 2.24) is 4.57 Å². The fraction of sp³-hybridized carbons (Fsp3) is 0.120. The lowest BCUT2D eigenvalue weighted by Crippen LogP contribution is -2.04. The van der Waals surface area contributed by atoms with Crippen LogP contribution in [0.5, 0.6) is 0 Å². The number of Topliss-reactive ketones (excluding diaryl/α,β-unsaturated/α-hetero) is 1. The number of carbonyl (C=O) groups excluding carboxylic acids is 1. The van der Waals surface area contributed by atoms with Gasteiger partial charge in [-0.15, -0.1) is 0 Å². The molecular weight excluding hydrogens is 398 g/mol. The average Bonchev–Trinajstić information content (AvgIpc) is 3.12. The molecule has 0 atom stereocenters. The van der Waals surface area contributed by atoms with Gasteiger partial charge in [0.25, 0.3) is 0 Å². The molecular formula is C25H20ClNO3. The van der Waals surface area contributed by atoms with Gasteiger partial charge in [0.1, 0.15) is 5.78 Å². The maximum atomic E-state index is 11.7. The van der Waals surface area contributed by atoms with E-state index in [1.807, 2.05) is 48.7 Å². The molecule has 4 aromatic rings. The summed E-state index contributed by atoms with van der Waals surface area (Å²) in [6, 6.07) is 21.0. The minimum atomic E-state index is -0.984. The molecule has 3 aromatic carbocycles. The van der Waals surface area contributed by atoms with Gasteiger partial charge in [-0.05, 0) is 66.4 Å². The normalized spacial score (nSPS) is 11.0. The summed E-state index contributed by atoms with van der Waals surface area (Å²) >= 11 is 5.96.